The van der Waals surface area contributed by atoms with Gasteiger partial charge in [0.1, 0.15) is 0 Å². The van der Waals surface area contributed by atoms with Crippen LogP contribution < -0.4 is 10.4 Å². The molecule has 6 heteroatoms. The number of anilines is 1. The number of allylic oxidation sites excluding steroid dienone is 2. The number of fused-ring (bicyclic) bond motifs is 1. The van der Waals surface area contributed by atoms with E-state index in [2.05, 4.69) is 10.3 Å². The van der Waals surface area contributed by atoms with Gasteiger partial charge in [-0.05, 0) is 37.5 Å². The van der Waals surface area contributed by atoms with E-state index < -0.39 is 17.8 Å². The van der Waals surface area contributed by atoms with Crippen molar-refractivity contribution in [2.45, 2.75) is 19.8 Å². The molecule has 2 atom stereocenters. The number of nitrogens with zero attached hydrogens (tertiary/aromatic N) is 1. The number of aromatic nitrogens is 1. The number of nitrogens with one attached hydrogen (secondary N) is 1. The SMILES string of the molecule is Cc1ccc2nc(NC(=O)C3CC=CCC3C(=O)[O-])sc2c1. The Morgan fingerprint density at radius 2 is 2.00 bits per heavy atom. The molecule has 1 aliphatic rings. The zero-order valence-corrected chi connectivity index (χ0v) is 12.9. The fourth-order valence-electron chi connectivity index (χ4n) is 2.65. The molecule has 1 heterocycles. The highest BCUT2D eigenvalue weighted by atomic mass is 32.1. The summed E-state index contributed by atoms with van der Waals surface area (Å²) in [6.07, 6.45) is 4.37. The molecule has 0 bridgehead atoms. The first-order valence-electron chi connectivity index (χ1n) is 7.08. The lowest BCUT2D eigenvalue weighted by Crippen LogP contribution is -2.41. The van der Waals surface area contributed by atoms with Crippen molar-refractivity contribution in [1.82, 2.24) is 4.98 Å². The van der Waals surface area contributed by atoms with Gasteiger partial charge in [0.15, 0.2) is 5.13 Å². The standard InChI is InChI=1S/C16H16N2O3S/c1-9-6-7-12-13(8-9)22-16(17-12)18-14(19)10-4-2-3-5-11(10)15(20)21/h2-3,6-8,10-11H,4-5H2,1H3,(H,20,21)(H,17,18,19)/p-1. The van der Waals surface area contributed by atoms with Crippen LogP contribution in [0.5, 0.6) is 0 Å². The van der Waals surface area contributed by atoms with Gasteiger partial charge in [0.05, 0.1) is 16.1 Å². The zero-order valence-electron chi connectivity index (χ0n) is 12.0. The van der Waals surface area contributed by atoms with Crippen molar-refractivity contribution in [2.24, 2.45) is 11.8 Å². The number of hydrogen-bond donors (Lipinski definition) is 1. The number of hydrogen-bond acceptors (Lipinski definition) is 5. The van der Waals surface area contributed by atoms with E-state index in [1.807, 2.05) is 31.2 Å². The second-order valence-corrected chi connectivity index (χ2v) is 6.48. The molecule has 1 amide bonds. The van der Waals surface area contributed by atoms with Crippen LogP contribution in [-0.2, 0) is 9.59 Å². The van der Waals surface area contributed by atoms with Gasteiger partial charge in [0, 0.05) is 11.9 Å². The first-order chi connectivity index (χ1) is 10.5. The average molecular weight is 315 g/mol. The van der Waals surface area contributed by atoms with Gasteiger partial charge in [0.25, 0.3) is 0 Å². The number of amides is 1. The Kier molecular flexibility index (Phi) is 3.94. The van der Waals surface area contributed by atoms with Gasteiger partial charge in [-0.15, -0.1) is 0 Å². The van der Waals surface area contributed by atoms with E-state index >= 15 is 0 Å². The lowest BCUT2D eigenvalue weighted by atomic mass is 9.82. The predicted octanol–water partition coefficient (Wildman–Crippen LogP) is 1.88. The quantitative estimate of drug-likeness (QED) is 0.877. The summed E-state index contributed by atoms with van der Waals surface area (Å²) in [5, 5.41) is 14.4. The topological polar surface area (TPSA) is 82.1 Å². The Morgan fingerprint density at radius 1 is 1.27 bits per heavy atom. The van der Waals surface area contributed by atoms with Gasteiger partial charge in [-0.3, -0.25) is 4.79 Å². The van der Waals surface area contributed by atoms with Crippen molar-refractivity contribution in [1.29, 1.82) is 0 Å². The summed E-state index contributed by atoms with van der Waals surface area (Å²) in [7, 11) is 0. The van der Waals surface area contributed by atoms with Gasteiger partial charge < -0.3 is 15.2 Å². The highest BCUT2D eigenvalue weighted by Gasteiger charge is 2.30. The van der Waals surface area contributed by atoms with Gasteiger partial charge in [-0.2, -0.15) is 0 Å². The number of carbonyl (C=O) groups is 2. The largest absolute Gasteiger partial charge is 0.550 e. The summed E-state index contributed by atoms with van der Waals surface area (Å²) in [5.41, 5.74) is 1.95. The van der Waals surface area contributed by atoms with Crippen LogP contribution in [-0.4, -0.2) is 16.9 Å². The summed E-state index contributed by atoms with van der Waals surface area (Å²) in [5.74, 6) is -2.87. The van der Waals surface area contributed by atoms with Crippen molar-refractivity contribution >= 4 is 38.6 Å². The summed E-state index contributed by atoms with van der Waals surface area (Å²) < 4.78 is 0.996. The van der Waals surface area contributed by atoms with Gasteiger partial charge in [0.2, 0.25) is 5.91 Å². The molecule has 1 aromatic heterocycles. The van der Waals surface area contributed by atoms with Gasteiger partial charge in [-0.25, -0.2) is 4.98 Å². The third-order valence-electron chi connectivity index (χ3n) is 3.85. The Bertz CT molecular complexity index is 766. The molecule has 1 aromatic carbocycles. The molecule has 1 N–H and O–H groups in total. The van der Waals surface area contributed by atoms with Crippen molar-refractivity contribution in [2.75, 3.05) is 5.32 Å². The third kappa shape index (κ3) is 2.87. The van der Waals surface area contributed by atoms with Crippen LogP contribution in [0.3, 0.4) is 0 Å². The lowest BCUT2D eigenvalue weighted by molar-refractivity contribution is -0.313. The number of carboxylic acid groups (broad SMARTS) is 1. The molecule has 0 radical (unpaired) electrons. The Labute approximate surface area is 131 Å². The molecule has 0 spiro atoms. The molecule has 5 nitrogen and oxygen atoms in total. The second kappa shape index (κ2) is 5.88. The van der Waals surface area contributed by atoms with E-state index in [0.717, 1.165) is 15.8 Å². The fraction of sp³-hybridized carbons (Fsp3) is 0.312. The molecule has 3 rings (SSSR count). The maximum absolute atomic E-state index is 12.4. The molecular formula is C16H15N2O3S-. The smallest absolute Gasteiger partial charge is 0.230 e. The van der Waals surface area contributed by atoms with Crippen LogP contribution in [0, 0.1) is 18.8 Å². The molecule has 2 aromatic rings. The third-order valence-corrected chi connectivity index (χ3v) is 4.78. The van der Waals surface area contributed by atoms with E-state index in [1.165, 1.54) is 11.3 Å². The summed E-state index contributed by atoms with van der Waals surface area (Å²) in [4.78, 5) is 27.9. The van der Waals surface area contributed by atoms with Gasteiger partial charge in [-0.1, -0.05) is 29.6 Å². The molecular weight excluding hydrogens is 300 g/mol. The van der Waals surface area contributed by atoms with Crippen molar-refractivity contribution in [3.8, 4) is 0 Å². The van der Waals surface area contributed by atoms with Crippen LogP contribution in [0.2, 0.25) is 0 Å². The number of carboxylic acids is 1. The van der Waals surface area contributed by atoms with E-state index in [4.69, 9.17) is 0 Å². The van der Waals surface area contributed by atoms with E-state index in [1.54, 1.807) is 6.08 Å². The Hall–Kier alpha value is -2.21. The monoisotopic (exact) mass is 315 g/mol. The molecule has 0 saturated carbocycles. The minimum atomic E-state index is -1.18. The minimum Gasteiger partial charge on any atom is -0.550 e. The molecule has 2 unspecified atom stereocenters. The van der Waals surface area contributed by atoms with Crippen molar-refractivity contribution in [3.05, 3.63) is 35.9 Å². The first-order valence-corrected chi connectivity index (χ1v) is 7.90. The molecule has 0 saturated heterocycles. The van der Waals surface area contributed by atoms with E-state index in [-0.39, 0.29) is 5.91 Å². The molecule has 114 valence electrons. The Balaban J connectivity index is 1.80. The van der Waals surface area contributed by atoms with Crippen LogP contribution in [0.1, 0.15) is 18.4 Å². The fourth-order valence-corrected chi connectivity index (χ4v) is 3.61. The van der Waals surface area contributed by atoms with Crippen molar-refractivity contribution < 1.29 is 14.7 Å². The normalized spacial score (nSPS) is 21.0. The lowest BCUT2D eigenvalue weighted by Gasteiger charge is -2.27. The minimum absolute atomic E-state index is 0.311. The number of aliphatic carboxylic acids is 1. The second-order valence-electron chi connectivity index (χ2n) is 5.45. The van der Waals surface area contributed by atoms with Crippen molar-refractivity contribution in [3.63, 3.8) is 0 Å². The number of thiazole rings is 1. The number of benzene rings is 1. The van der Waals surface area contributed by atoms with Crippen LogP contribution >= 0.6 is 11.3 Å². The highest BCUT2D eigenvalue weighted by molar-refractivity contribution is 7.22. The average Bonchev–Trinajstić information content (AvgIpc) is 2.88. The van der Waals surface area contributed by atoms with Gasteiger partial charge >= 0.3 is 0 Å². The predicted molar refractivity (Wildman–Crippen MR) is 83.3 cm³/mol. The maximum atomic E-state index is 12.4. The summed E-state index contributed by atoms with van der Waals surface area (Å²) in [6, 6.07) is 5.88. The molecule has 0 aliphatic heterocycles. The Morgan fingerprint density at radius 3 is 2.73 bits per heavy atom. The number of carbonyl (C=O) groups excluding carboxylic acids is 2. The van der Waals surface area contributed by atoms with E-state index in [9.17, 15) is 14.7 Å². The van der Waals surface area contributed by atoms with Crippen LogP contribution in [0.15, 0.2) is 30.4 Å². The summed E-state index contributed by atoms with van der Waals surface area (Å²) >= 11 is 1.39. The molecule has 1 aliphatic carbocycles. The summed E-state index contributed by atoms with van der Waals surface area (Å²) in [6.45, 7) is 2.00. The van der Waals surface area contributed by atoms with E-state index in [0.29, 0.717) is 18.0 Å². The van der Waals surface area contributed by atoms with Crippen LogP contribution in [0.25, 0.3) is 10.2 Å². The zero-order chi connectivity index (χ0) is 15.7. The molecule has 0 fully saturated rings. The first kappa shape index (κ1) is 14.7. The number of rotatable bonds is 3. The maximum Gasteiger partial charge on any atom is 0.230 e. The molecule has 22 heavy (non-hydrogen) atoms. The highest BCUT2D eigenvalue weighted by Crippen LogP contribution is 2.30. The van der Waals surface area contributed by atoms with Crippen LogP contribution in [0.4, 0.5) is 5.13 Å². The number of aryl methyl sites for hydroxylation is 1.